The molecule has 0 radical (unpaired) electrons. The first-order valence-electron chi connectivity index (χ1n) is 9.19. The number of likely N-dealkylation sites (tertiary alicyclic amines) is 1. The highest BCUT2D eigenvalue weighted by atomic mass is 16.6. The smallest absolute Gasteiger partial charge is 0.310 e. The molecule has 0 amide bonds. The molecule has 22 heavy (non-hydrogen) atoms. The Hall–Kier alpha value is -0.830. The lowest BCUT2D eigenvalue weighted by atomic mass is 9.59. The minimum absolute atomic E-state index is 0.0856. The third-order valence-electron chi connectivity index (χ3n) is 6.83. The Kier molecular flexibility index (Phi) is 3.60. The van der Waals surface area contributed by atoms with E-state index in [-0.39, 0.29) is 18.0 Å². The SMILES string of the molecule is CC1=C2C[C@H]3[C@@H](C[C@@]2(C)CCC1)OC(=O)[C@@H]3CN1CCCC1. The Bertz CT molecular complexity index is 506. The Morgan fingerprint density at radius 3 is 2.82 bits per heavy atom. The van der Waals surface area contributed by atoms with Gasteiger partial charge >= 0.3 is 5.97 Å². The second kappa shape index (κ2) is 5.36. The van der Waals surface area contributed by atoms with Crippen molar-refractivity contribution in [3.05, 3.63) is 11.1 Å². The fourth-order valence-electron chi connectivity index (χ4n) is 5.56. The maximum atomic E-state index is 12.5. The molecule has 3 nitrogen and oxygen atoms in total. The van der Waals surface area contributed by atoms with Gasteiger partial charge in [0.25, 0.3) is 0 Å². The molecule has 0 aromatic rings. The largest absolute Gasteiger partial charge is 0.462 e. The van der Waals surface area contributed by atoms with Gasteiger partial charge in [0.15, 0.2) is 0 Å². The maximum Gasteiger partial charge on any atom is 0.310 e. The summed E-state index contributed by atoms with van der Waals surface area (Å²) in [5.74, 6) is 0.640. The average Bonchev–Trinajstić information content (AvgIpc) is 3.06. The quantitative estimate of drug-likeness (QED) is 0.577. The summed E-state index contributed by atoms with van der Waals surface area (Å²) in [6.45, 7) is 7.99. The van der Waals surface area contributed by atoms with Crippen LogP contribution in [0, 0.1) is 17.3 Å². The van der Waals surface area contributed by atoms with E-state index in [0.29, 0.717) is 11.3 Å². The van der Waals surface area contributed by atoms with Gasteiger partial charge in [-0.25, -0.2) is 0 Å². The van der Waals surface area contributed by atoms with Gasteiger partial charge in [-0.2, -0.15) is 0 Å². The van der Waals surface area contributed by atoms with Crippen LogP contribution >= 0.6 is 0 Å². The van der Waals surface area contributed by atoms with E-state index in [2.05, 4.69) is 18.7 Å². The maximum absolute atomic E-state index is 12.5. The predicted molar refractivity (Wildman–Crippen MR) is 86.4 cm³/mol. The predicted octanol–water partition coefficient (Wildman–Crippen LogP) is 3.54. The van der Waals surface area contributed by atoms with E-state index >= 15 is 0 Å². The van der Waals surface area contributed by atoms with E-state index in [1.165, 1.54) is 45.2 Å². The first-order chi connectivity index (χ1) is 10.6. The molecular formula is C19H29NO2. The fourth-order valence-corrected chi connectivity index (χ4v) is 5.56. The number of hydrogen-bond acceptors (Lipinski definition) is 3. The van der Waals surface area contributed by atoms with Crippen LogP contribution in [0.5, 0.6) is 0 Å². The molecule has 2 heterocycles. The summed E-state index contributed by atoms with van der Waals surface area (Å²) in [7, 11) is 0. The van der Waals surface area contributed by atoms with Crippen molar-refractivity contribution in [3.8, 4) is 0 Å². The van der Waals surface area contributed by atoms with Crippen LogP contribution in [-0.2, 0) is 9.53 Å². The van der Waals surface area contributed by atoms with Gasteiger partial charge in [-0.05, 0) is 70.4 Å². The van der Waals surface area contributed by atoms with Gasteiger partial charge in [0, 0.05) is 12.5 Å². The molecule has 3 heteroatoms. The first kappa shape index (κ1) is 14.7. The molecule has 122 valence electrons. The van der Waals surface area contributed by atoms with Crippen molar-refractivity contribution in [2.24, 2.45) is 17.3 Å². The van der Waals surface area contributed by atoms with Crippen molar-refractivity contribution >= 4 is 5.97 Å². The summed E-state index contributed by atoms with van der Waals surface area (Å²) in [5, 5.41) is 0. The van der Waals surface area contributed by atoms with E-state index in [0.717, 1.165) is 19.4 Å². The van der Waals surface area contributed by atoms with Gasteiger partial charge in [0.05, 0.1) is 5.92 Å². The normalized spacial score (nSPS) is 42.3. The van der Waals surface area contributed by atoms with Crippen LogP contribution in [0.3, 0.4) is 0 Å². The summed E-state index contributed by atoms with van der Waals surface area (Å²) in [4.78, 5) is 14.9. The summed E-state index contributed by atoms with van der Waals surface area (Å²) >= 11 is 0. The molecule has 2 saturated heterocycles. The fraction of sp³-hybridized carbons (Fsp3) is 0.842. The Labute approximate surface area is 134 Å². The van der Waals surface area contributed by atoms with Crippen LogP contribution in [-0.4, -0.2) is 36.6 Å². The molecule has 2 aliphatic heterocycles. The second-order valence-electron chi connectivity index (χ2n) is 8.33. The van der Waals surface area contributed by atoms with Crippen LogP contribution in [0.4, 0.5) is 0 Å². The number of carbonyl (C=O) groups excluding carboxylic acids is 1. The lowest BCUT2D eigenvalue weighted by Crippen LogP contribution is -2.41. The lowest BCUT2D eigenvalue weighted by Gasteiger charge is -2.45. The molecule has 2 aliphatic carbocycles. The Morgan fingerprint density at radius 2 is 2.05 bits per heavy atom. The molecule has 0 aromatic heterocycles. The number of allylic oxidation sites excluding steroid dienone is 2. The van der Waals surface area contributed by atoms with Gasteiger partial charge < -0.3 is 9.64 Å². The number of esters is 1. The van der Waals surface area contributed by atoms with E-state index in [1.54, 1.807) is 11.1 Å². The van der Waals surface area contributed by atoms with Crippen molar-refractivity contribution in [2.45, 2.75) is 64.9 Å². The van der Waals surface area contributed by atoms with Gasteiger partial charge in [-0.3, -0.25) is 4.79 Å². The molecule has 1 saturated carbocycles. The number of nitrogens with zero attached hydrogens (tertiary/aromatic N) is 1. The monoisotopic (exact) mass is 303 g/mol. The van der Waals surface area contributed by atoms with Gasteiger partial charge in [-0.1, -0.05) is 18.1 Å². The lowest BCUT2D eigenvalue weighted by molar-refractivity contribution is -0.145. The summed E-state index contributed by atoms with van der Waals surface area (Å²) in [6, 6.07) is 0. The van der Waals surface area contributed by atoms with Crippen LogP contribution in [0.25, 0.3) is 0 Å². The molecule has 0 spiro atoms. The molecular weight excluding hydrogens is 274 g/mol. The van der Waals surface area contributed by atoms with Gasteiger partial charge in [0.1, 0.15) is 6.10 Å². The molecule has 4 aliphatic rings. The summed E-state index contributed by atoms with van der Waals surface area (Å²) in [5.41, 5.74) is 3.57. The van der Waals surface area contributed by atoms with Crippen LogP contribution in [0.2, 0.25) is 0 Å². The first-order valence-corrected chi connectivity index (χ1v) is 9.19. The van der Waals surface area contributed by atoms with Crippen LogP contribution < -0.4 is 0 Å². The van der Waals surface area contributed by atoms with E-state index in [4.69, 9.17) is 4.74 Å². The highest BCUT2D eigenvalue weighted by Gasteiger charge is 2.53. The van der Waals surface area contributed by atoms with E-state index < -0.39 is 0 Å². The zero-order valence-corrected chi connectivity index (χ0v) is 14.1. The third-order valence-corrected chi connectivity index (χ3v) is 6.83. The van der Waals surface area contributed by atoms with Gasteiger partial charge in [0.2, 0.25) is 0 Å². The highest BCUT2D eigenvalue weighted by molar-refractivity contribution is 5.76. The minimum atomic E-state index is 0.0856. The zero-order valence-electron chi connectivity index (χ0n) is 14.1. The molecule has 0 aromatic carbocycles. The average molecular weight is 303 g/mol. The summed E-state index contributed by atoms with van der Waals surface area (Å²) < 4.78 is 5.85. The van der Waals surface area contributed by atoms with Crippen molar-refractivity contribution < 1.29 is 9.53 Å². The van der Waals surface area contributed by atoms with Gasteiger partial charge in [-0.15, -0.1) is 0 Å². The second-order valence-corrected chi connectivity index (χ2v) is 8.33. The Morgan fingerprint density at radius 1 is 1.27 bits per heavy atom. The number of fused-ring (bicyclic) bond motifs is 2. The van der Waals surface area contributed by atoms with Crippen LogP contribution in [0.1, 0.15) is 58.8 Å². The standard InChI is InChI=1S/C19H29NO2/c1-13-6-5-7-19(2)11-17-14(10-16(13)19)15(18(21)22-17)12-20-8-3-4-9-20/h14-15,17H,3-12H2,1-2H3/t14-,15-,17-,19-/m1/s1. The van der Waals surface area contributed by atoms with Crippen molar-refractivity contribution in [3.63, 3.8) is 0 Å². The molecule has 0 N–H and O–H groups in total. The molecule has 4 rings (SSSR count). The molecule has 0 unspecified atom stereocenters. The molecule has 4 atom stereocenters. The van der Waals surface area contributed by atoms with Crippen molar-refractivity contribution in [1.29, 1.82) is 0 Å². The number of ether oxygens (including phenoxy) is 1. The van der Waals surface area contributed by atoms with Crippen molar-refractivity contribution in [2.75, 3.05) is 19.6 Å². The van der Waals surface area contributed by atoms with E-state index in [1.807, 2.05) is 0 Å². The number of carbonyl (C=O) groups is 1. The van der Waals surface area contributed by atoms with E-state index in [9.17, 15) is 4.79 Å². The van der Waals surface area contributed by atoms with Crippen LogP contribution in [0.15, 0.2) is 11.1 Å². The zero-order chi connectivity index (χ0) is 15.3. The van der Waals surface area contributed by atoms with Crippen molar-refractivity contribution in [1.82, 2.24) is 4.90 Å². The topological polar surface area (TPSA) is 29.5 Å². The third kappa shape index (κ3) is 2.33. The molecule has 0 bridgehead atoms. The highest BCUT2D eigenvalue weighted by Crippen LogP contribution is 2.55. The number of rotatable bonds is 2. The Balaban J connectivity index is 1.56. The minimum Gasteiger partial charge on any atom is -0.462 e. The summed E-state index contributed by atoms with van der Waals surface area (Å²) in [6.07, 6.45) is 8.76. The molecule has 3 fully saturated rings. The number of hydrogen-bond donors (Lipinski definition) is 0.